The van der Waals surface area contributed by atoms with Gasteiger partial charge in [-0.2, -0.15) is 0 Å². The summed E-state index contributed by atoms with van der Waals surface area (Å²) in [6.07, 6.45) is 0. The number of benzene rings is 2. The highest BCUT2D eigenvalue weighted by atomic mass is 35.5. The third-order valence-corrected chi connectivity index (χ3v) is 4.37. The van der Waals surface area contributed by atoms with Crippen LogP contribution in [0.3, 0.4) is 0 Å². The second-order valence-corrected chi connectivity index (χ2v) is 6.85. The molecule has 144 valence electrons. The maximum Gasteiger partial charge on any atom is 0.279 e. The van der Waals surface area contributed by atoms with Crippen molar-refractivity contribution in [3.63, 3.8) is 0 Å². The Hall–Kier alpha value is -2.57. The number of quaternary nitrogens is 1. The summed E-state index contributed by atoms with van der Waals surface area (Å²) < 4.78 is 5.20. The van der Waals surface area contributed by atoms with Crippen LogP contribution in [0.1, 0.15) is 5.56 Å². The molecule has 7 heteroatoms. The number of anilines is 1. The number of carbonyl (C=O) groups excluding carboxylic acids is 2. The maximum absolute atomic E-state index is 12.4. The Morgan fingerprint density at radius 2 is 1.89 bits per heavy atom. The molecule has 0 aromatic heterocycles. The third kappa shape index (κ3) is 6.58. The Morgan fingerprint density at radius 1 is 1.15 bits per heavy atom. The highest BCUT2D eigenvalue weighted by molar-refractivity contribution is 6.33. The van der Waals surface area contributed by atoms with Gasteiger partial charge in [-0.3, -0.25) is 9.59 Å². The van der Waals surface area contributed by atoms with E-state index in [2.05, 4.69) is 5.32 Å². The first-order valence-corrected chi connectivity index (χ1v) is 8.99. The van der Waals surface area contributed by atoms with Crippen molar-refractivity contribution >= 4 is 29.1 Å². The molecule has 0 aliphatic carbocycles. The molecule has 2 aromatic rings. The number of likely N-dealkylation sites (N-methyl/N-ethyl adjacent to an activating group) is 2. The van der Waals surface area contributed by atoms with E-state index in [1.807, 2.05) is 31.3 Å². The zero-order valence-electron chi connectivity index (χ0n) is 15.8. The molecule has 0 saturated heterocycles. The van der Waals surface area contributed by atoms with Crippen molar-refractivity contribution in [2.45, 2.75) is 6.54 Å². The van der Waals surface area contributed by atoms with Crippen molar-refractivity contribution in [3.8, 4) is 5.75 Å². The predicted octanol–water partition coefficient (Wildman–Crippen LogP) is 1.46. The largest absolute Gasteiger partial charge is 0.497 e. The fraction of sp³-hybridized carbons (Fsp3) is 0.300. The summed E-state index contributed by atoms with van der Waals surface area (Å²) in [6.45, 7) is 0.871. The summed E-state index contributed by atoms with van der Waals surface area (Å²) >= 11 is 6.04. The van der Waals surface area contributed by atoms with Crippen LogP contribution in [0.15, 0.2) is 48.5 Å². The van der Waals surface area contributed by atoms with E-state index in [1.165, 1.54) is 0 Å². The first-order chi connectivity index (χ1) is 12.9. The van der Waals surface area contributed by atoms with Crippen molar-refractivity contribution in [2.75, 3.05) is 39.6 Å². The molecule has 0 radical (unpaired) electrons. The number of methoxy groups -OCH3 is 1. The van der Waals surface area contributed by atoms with Crippen LogP contribution < -0.4 is 15.0 Å². The molecule has 2 N–H and O–H groups in total. The van der Waals surface area contributed by atoms with Gasteiger partial charge in [0.05, 0.1) is 24.9 Å². The Kier molecular flexibility index (Phi) is 7.64. The van der Waals surface area contributed by atoms with Gasteiger partial charge in [-0.1, -0.05) is 35.9 Å². The van der Waals surface area contributed by atoms with E-state index in [9.17, 15) is 9.59 Å². The van der Waals surface area contributed by atoms with E-state index < -0.39 is 0 Å². The number of ether oxygens (including phenoxy) is 1. The summed E-state index contributed by atoms with van der Waals surface area (Å²) in [4.78, 5) is 27.0. The van der Waals surface area contributed by atoms with Crippen LogP contribution in [0.25, 0.3) is 0 Å². The van der Waals surface area contributed by atoms with Crippen LogP contribution in [0.2, 0.25) is 5.02 Å². The zero-order valence-corrected chi connectivity index (χ0v) is 16.5. The van der Waals surface area contributed by atoms with Gasteiger partial charge in [0.2, 0.25) is 0 Å². The lowest BCUT2D eigenvalue weighted by Crippen LogP contribution is -3.11. The molecule has 1 atom stereocenters. The van der Waals surface area contributed by atoms with Crippen LogP contribution in [0, 0.1) is 0 Å². The highest BCUT2D eigenvalue weighted by Gasteiger charge is 2.18. The number of hydrogen-bond acceptors (Lipinski definition) is 3. The first-order valence-electron chi connectivity index (χ1n) is 8.61. The van der Waals surface area contributed by atoms with Crippen LogP contribution in [0.5, 0.6) is 5.75 Å². The summed E-state index contributed by atoms with van der Waals surface area (Å²) in [6, 6.07) is 14.6. The number of para-hydroxylation sites is 1. The van der Waals surface area contributed by atoms with Gasteiger partial charge < -0.3 is 19.9 Å². The molecular formula is C20H25ClN3O3+. The van der Waals surface area contributed by atoms with Crippen LogP contribution in [0.4, 0.5) is 5.69 Å². The molecular weight excluding hydrogens is 366 g/mol. The molecule has 0 aliphatic heterocycles. The minimum Gasteiger partial charge on any atom is -0.497 e. The normalized spacial score (nSPS) is 11.6. The quantitative estimate of drug-likeness (QED) is 0.717. The molecule has 0 fully saturated rings. The van der Waals surface area contributed by atoms with Crippen LogP contribution in [-0.2, 0) is 16.1 Å². The summed E-state index contributed by atoms with van der Waals surface area (Å²) in [5.74, 6) is 0.525. The standard InChI is InChI=1S/C20H24ClN3O3/c1-23(13-19(25)22-18-10-5-4-9-17(18)21)14-20(26)24(2)12-15-7-6-8-16(11-15)27-3/h4-11H,12-14H2,1-3H3,(H,22,25)/p+1. The Morgan fingerprint density at radius 3 is 2.59 bits per heavy atom. The smallest absolute Gasteiger partial charge is 0.279 e. The van der Waals surface area contributed by atoms with Crippen molar-refractivity contribution in [1.29, 1.82) is 0 Å². The SMILES string of the molecule is COc1cccc(CN(C)C(=O)C[NH+](C)CC(=O)Nc2ccccc2Cl)c1. The monoisotopic (exact) mass is 390 g/mol. The van der Waals surface area contributed by atoms with Gasteiger partial charge in [0.1, 0.15) is 5.75 Å². The molecule has 0 bridgehead atoms. The van der Waals surface area contributed by atoms with Crippen molar-refractivity contribution < 1.29 is 19.2 Å². The Balaban J connectivity index is 1.83. The number of nitrogens with one attached hydrogen (secondary N) is 2. The lowest BCUT2D eigenvalue weighted by atomic mass is 10.2. The summed E-state index contributed by atoms with van der Waals surface area (Å²) in [5.41, 5.74) is 1.55. The van der Waals surface area contributed by atoms with Crippen LogP contribution >= 0.6 is 11.6 Å². The molecule has 2 rings (SSSR count). The van der Waals surface area contributed by atoms with Gasteiger partial charge in [0.15, 0.2) is 13.1 Å². The van der Waals surface area contributed by atoms with E-state index in [0.29, 0.717) is 17.3 Å². The minimum absolute atomic E-state index is 0.0409. The number of nitrogens with zero attached hydrogens (tertiary/aromatic N) is 1. The molecule has 0 heterocycles. The van der Waals surface area contributed by atoms with Crippen molar-refractivity contribution in [3.05, 3.63) is 59.1 Å². The van der Waals surface area contributed by atoms with E-state index in [-0.39, 0.29) is 24.9 Å². The number of carbonyl (C=O) groups is 2. The predicted molar refractivity (Wildman–Crippen MR) is 106 cm³/mol. The second-order valence-electron chi connectivity index (χ2n) is 6.44. The van der Waals surface area contributed by atoms with E-state index in [4.69, 9.17) is 16.3 Å². The molecule has 0 saturated carbocycles. The maximum atomic E-state index is 12.4. The molecule has 6 nitrogen and oxygen atoms in total. The van der Waals surface area contributed by atoms with E-state index >= 15 is 0 Å². The molecule has 2 amide bonds. The number of rotatable bonds is 8. The third-order valence-electron chi connectivity index (χ3n) is 4.04. The van der Waals surface area contributed by atoms with E-state index in [0.717, 1.165) is 16.2 Å². The molecule has 2 aromatic carbocycles. The average Bonchev–Trinajstić information content (AvgIpc) is 2.63. The van der Waals surface area contributed by atoms with Gasteiger partial charge in [-0.25, -0.2) is 0 Å². The molecule has 0 spiro atoms. The number of hydrogen-bond donors (Lipinski definition) is 2. The first kappa shape index (κ1) is 20.7. The van der Waals surface area contributed by atoms with Crippen molar-refractivity contribution in [2.24, 2.45) is 0 Å². The number of amides is 2. The fourth-order valence-electron chi connectivity index (χ4n) is 2.62. The van der Waals surface area contributed by atoms with Gasteiger partial charge in [0, 0.05) is 13.6 Å². The Labute approximate surface area is 164 Å². The summed E-state index contributed by atoms with van der Waals surface area (Å²) in [7, 11) is 5.17. The van der Waals surface area contributed by atoms with Crippen molar-refractivity contribution in [1.82, 2.24) is 4.90 Å². The lowest BCUT2D eigenvalue weighted by Gasteiger charge is -2.20. The molecule has 0 aliphatic rings. The van der Waals surface area contributed by atoms with Gasteiger partial charge in [-0.15, -0.1) is 0 Å². The molecule has 1 unspecified atom stereocenters. The topological polar surface area (TPSA) is 63.1 Å². The molecule has 27 heavy (non-hydrogen) atoms. The zero-order chi connectivity index (χ0) is 19.8. The minimum atomic E-state index is -0.191. The van der Waals surface area contributed by atoms with Crippen LogP contribution in [-0.4, -0.2) is 51.0 Å². The highest BCUT2D eigenvalue weighted by Crippen LogP contribution is 2.19. The van der Waals surface area contributed by atoms with Gasteiger partial charge >= 0.3 is 0 Å². The summed E-state index contributed by atoms with van der Waals surface area (Å²) in [5, 5.41) is 3.25. The Bertz CT molecular complexity index is 798. The number of halogens is 1. The second kappa shape index (κ2) is 9.94. The average molecular weight is 391 g/mol. The van der Waals surface area contributed by atoms with E-state index in [1.54, 1.807) is 43.3 Å². The fourth-order valence-corrected chi connectivity index (χ4v) is 2.80. The lowest BCUT2D eigenvalue weighted by molar-refractivity contribution is -0.862. The van der Waals surface area contributed by atoms with Gasteiger partial charge in [0.25, 0.3) is 11.8 Å². The van der Waals surface area contributed by atoms with Gasteiger partial charge in [-0.05, 0) is 29.8 Å².